The zero-order valence-corrected chi connectivity index (χ0v) is 13.2. The van der Waals surface area contributed by atoms with Gasteiger partial charge in [-0.2, -0.15) is 0 Å². The van der Waals surface area contributed by atoms with Crippen LogP contribution in [0.4, 0.5) is 0 Å². The molecule has 114 valence electrons. The molecule has 0 spiro atoms. The first-order chi connectivity index (χ1) is 8.17. The lowest BCUT2D eigenvalue weighted by molar-refractivity contribution is -0.465. The molecule has 0 bridgehead atoms. The summed E-state index contributed by atoms with van der Waals surface area (Å²) in [6.07, 6.45) is 1.14. The monoisotopic (exact) mass is 275 g/mol. The number of aliphatic hydroxyl groups is 2. The maximum Gasteiger partial charge on any atom is 0.278 e. The van der Waals surface area contributed by atoms with Gasteiger partial charge in [-0.15, -0.1) is 0 Å². The van der Waals surface area contributed by atoms with E-state index in [1.165, 1.54) is 0 Å². The van der Waals surface area contributed by atoms with Crippen LogP contribution in [0.2, 0.25) is 0 Å². The molecule has 2 atom stereocenters. The van der Waals surface area contributed by atoms with E-state index in [0.717, 1.165) is 0 Å². The lowest BCUT2D eigenvalue weighted by Gasteiger charge is -2.38. The highest BCUT2D eigenvalue weighted by atomic mass is 16.9. The zero-order chi connectivity index (χ0) is 15.3. The van der Waals surface area contributed by atoms with Gasteiger partial charge in [0.25, 0.3) is 5.91 Å². The molecule has 1 aliphatic heterocycles. The number of hydrogen-bond acceptors (Lipinski definition) is 5. The van der Waals surface area contributed by atoms with Crippen LogP contribution >= 0.6 is 0 Å². The summed E-state index contributed by atoms with van der Waals surface area (Å²) in [6.45, 7) is 14.1. The lowest BCUT2D eigenvalue weighted by atomic mass is 9.70. The summed E-state index contributed by atoms with van der Waals surface area (Å²) in [7, 11) is 0. The van der Waals surface area contributed by atoms with E-state index in [4.69, 9.17) is 4.84 Å². The first-order valence-corrected chi connectivity index (χ1v) is 6.80. The van der Waals surface area contributed by atoms with E-state index in [2.05, 4.69) is 20.8 Å². The number of hydroxylamine groups is 2. The van der Waals surface area contributed by atoms with Crippen LogP contribution in [-0.4, -0.2) is 32.2 Å². The van der Waals surface area contributed by atoms with Crippen molar-refractivity contribution in [3.8, 4) is 0 Å². The Morgan fingerprint density at radius 3 is 1.89 bits per heavy atom. The molecule has 1 fully saturated rings. The summed E-state index contributed by atoms with van der Waals surface area (Å²) in [5, 5.41) is 30.1. The maximum atomic E-state index is 10.1. The normalized spacial score (nSPS) is 32.8. The second-order valence-corrected chi connectivity index (χ2v) is 8.42. The molecule has 1 heterocycles. The Hall–Kier alpha value is -0.200. The van der Waals surface area contributed by atoms with Gasteiger partial charge in [0.05, 0.1) is 5.92 Å². The molecule has 2 unspecified atom stereocenters. The minimum Gasteiger partial charge on any atom is -0.350 e. The van der Waals surface area contributed by atoms with Crippen LogP contribution < -0.4 is 0 Å². The predicted octanol–water partition coefficient (Wildman–Crippen LogP) is 2.51. The maximum absolute atomic E-state index is 10.1. The minimum absolute atomic E-state index is 0.0495. The van der Waals surface area contributed by atoms with E-state index >= 15 is 0 Å². The summed E-state index contributed by atoms with van der Waals surface area (Å²) in [5.41, 5.74) is -0.967. The molecule has 0 radical (unpaired) electrons. The van der Waals surface area contributed by atoms with Crippen LogP contribution in [0.5, 0.6) is 0 Å². The molecule has 1 aliphatic rings. The molecule has 1 saturated heterocycles. The van der Waals surface area contributed by atoms with Gasteiger partial charge in [-0.1, -0.05) is 41.5 Å². The van der Waals surface area contributed by atoms with Crippen molar-refractivity contribution in [2.75, 3.05) is 0 Å². The van der Waals surface area contributed by atoms with Crippen LogP contribution in [-0.2, 0) is 4.84 Å². The van der Waals surface area contributed by atoms with E-state index < -0.39 is 17.4 Å². The molecule has 0 amide bonds. The second kappa shape index (κ2) is 4.67. The second-order valence-electron chi connectivity index (χ2n) is 8.42. The Morgan fingerprint density at radius 2 is 1.53 bits per heavy atom. The Labute approximate surface area is 116 Å². The smallest absolute Gasteiger partial charge is 0.278 e. The summed E-state index contributed by atoms with van der Waals surface area (Å²) in [6, 6.07) is 0. The summed E-state index contributed by atoms with van der Waals surface area (Å²) in [4.78, 5) is 5.39. The van der Waals surface area contributed by atoms with E-state index in [9.17, 15) is 15.4 Å². The Balaban J connectivity index is 3.08. The van der Waals surface area contributed by atoms with E-state index in [-0.39, 0.29) is 16.1 Å². The zero-order valence-electron chi connectivity index (χ0n) is 13.2. The van der Waals surface area contributed by atoms with Crippen LogP contribution in [0.25, 0.3) is 0 Å². The molecule has 0 aromatic carbocycles. The predicted molar refractivity (Wildman–Crippen MR) is 71.9 cm³/mol. The molecule has 19 heavy (non-hydrogen) atoms. The third kappa shape index (κ3) is 3.89. The first-order valence-electron chi connectivity index (χ1n) is 6.80. The van der Waals surface area contributed by atoms with Crippen LogP contribution in [0.3, 0.4) is 0 Å². The average molecular weight is 275 g/mol. The summed E-state index contributed by atoms with van der Waals surface area (Å²) >= 11 is 0. The molecule has 0 saturated carbocycles. The third-order valence-corrected chi connectivity index (χ3v) is 3.48. The fourth-order valence-corrected chi connectivity index (χ4v) is 3.04. The van der Waals surface area contributed by atoms with Gasteiger partial charge in [-0.25, -0.2) is 0 Å². The topological polar surface area (TPSA) is 73.2 Å². The summed E-state index contributed by atoms with van der Waals surface area (Å²) < 4.78 is 0. The Kier molecular flexibility index (Phi) is 4.14. The van der Waals surface area contributed by atoms with Crippen molar-refractivity contribution in [1.29, 1.82) is 0 Å². The van der Waals surface area contributed by atoms with Gasteiger partial charge in [0.15, 0.2) is 0 Å². The van der Waals surface area contributed by atoms with E-state index in [1.54, 1.807) is 0 Å². The molecule has 1 rings (SSSR count). The van der Waals surface area contributed by atoms with Crippen LogP contribution in [0.15, 0.2) is 0 Å². The molecule has 0 aromatic rings. The van der Waals surface area contributed by atoms with Gasteiger partial charge in [-0.05, 0) is 35.8 Å². The standard InChI is InChI=1S/C14H29NO4/c1-11(2,3)8-10-13(7,9-12(4,5)6)19-15(18)14(10,16)17/h10,16-18H,8-9H2,1-7H3. The average Bonchev–Trinajstić information content (AvgIpc) is 2.21. The van der Waals surface area contributed by atoms with Gasteiger partial charge >= 0.3 is 0 Å². The molecule has 3 N–H and O–H groups in total. The van der Waals surface area contributed by atoms with Crippen LogP contribution in [0.1, 0.15) is 61.3 Å². The molecular weight excluding hydrogens is 246 g/mol. The molecule has 5 nitrogen and oxygen atoms in total. The largest absolute Gasteiger partial charge is 0.350 e. The molecule has 0 aromatic heterocycles. The van der Waals surface area contributed by atoms with Gasteiger partial charge in [0.2, 0.25) is 0 Å². The van der Waals surface area contributed by atoms with E-state index in [1.807, 2.05) is 27.7 Å². The molecule has 5 heteroatoms. The fraction of sp³-hybridized carbons (Fsp3) is 1.00. The molecule has 0 aliphatic carbocycles. The lowest BCUT2D eigenvalue weighted by Crippen LogP contribution is -2.49. The molecular formula is C14H29NO4. The minimum atomic E-state index is -2.35. The quantitative estimate of drug-likeness (QED) is 0.675. The van der Waals surface area contributed by atoms with Crippen molar-refractivity contribution in [3.63, 3.8) is 0 Å². The van der Waals surface area contributed by atoms with Gasteiger partial charge in [0.1, 0.15) is 5.60 Å². The summed E-state index contributed by atoms with van der Waals surface area (Å²) in [5.74, 6) is -2.95. The van der Waals surface area contributed by atoms with Crippen molar-refractivity contribution in [2.24, 2.45) is 16.7 Å². The van der Waals surface area contributed by atoms with Crippen molar-refractivity contribution >= 4 is 0 Å². The Morgan fingerprint density at radius 1 is 1.05 bits per heavy atom. The third-order valence-electron chi connectivity index (χ3n) is 3.48. The highest BCUT2D eigenvalue weighted by molar-refractivity contribution is 4.97. The SMILES string of the molecule is CC(C)(C)CC1C(C)(CC(C)(C)C)ON(O)C1(O)O. The van der Waals surface area contributed by atoms with Crippen molar-refractivity contribution < 1.29 is 20.3 Å². The van der Waals surface area contributed by atoms with Crippen molar-refractivity contribution in [3.05, 3.63) is 0 Å². The first kappa shape index (κ1) is 16.9. The number of rotatable bonds is 2. The van der Waals surface area contributed by atoms with Crippen molar-refractivity contribution in [2.45, 2.75) is 72.8 Å². The fourth-order valence-electron chi connectivity index (χ4n) is 3.04. The van der Waals surface area contributed by atoms with Gasteiger partial charge in [0, 0.05) is 0 Å². The number of hydrogen-bond donors (Lipinski definition) is 3. The van der Waals surface area contributed by atoms with Crippen molar-refractivity contribution in [1.82, 2.24) is 5.23 Å². The highest BCUT2D eigenvalue weighted by Crippen LogP contribution is 2.50. The highest BCUT2D eigenvalue weighted by Gasteiger charge is 2.61. The number of nitrogens with zero attached hydrogens (tertiary/aromatic N) is 1. The van der Waals surface area contributed by atoms with Gasteiger partial charge < -0.3 is 10.2 Å². The Bertz CT molecular complexity index is 329. The van der Waals surface area contributed by atoms with Crippen LogP contribution in [0, 0.1) is 16.7 Å². The van der Waals surface area contributed by atoms with Gasteiger partial charge in [-0.3, -0.25) is 10.0 Å². The van der Waals surface area contributed by atoms with E-state index in [0.29, 0.717) is 12.8 Å².